The molecule has 1 heterocycles. The molecule has 2 fully saturated rings. The third-order valence-corrected chi connectivity index (χ3v) is 4.84. The maximum absolute atomic E-state index is 6.48. The molecule has 2 aliphatic carbocycles. The molecule has 1 aromatic rings. The van der Waals surface area contributed by atoms with Gasteiger partial charge in [-0.2, -0.15) is 0 Å². The zero-order valence-corrected chi connectivity index (χ0v) is 10.6. The summed E-state index contributed by atoms with van der Waals surface area (Å²) in [6.45, 7) is 0. The van der Waals surface area contributed by atoms with Gasteiger partial charge in [-0.05, 0) is 31.6 Å². The van der Waals surface area contributed by atoms with Crippen LogP contribution in [0.15, 0.2) is 5.38 Å². The molecule has 2 saturated carbocycles. The molecule has 0 saturated heterocycles. The van der Waals surface area contributed by atoms with Crippen LogP contribution in [0.25, 0.3) is 0 Å². The summed E-state index contributed by atoms with van der Waals surface area (Å²) in [7, 11) is 0. The van der Waals surface area contributed by atoms with Crippen molar-refractivity contribution >= 4 is 11.3 Å². The maximum atomic E-state index is 6.48. The zero-order valence-electron chi connectivity index (χ0n) is 9.74. The van der Waals surface area contributed by atoms with Gasteiger partial charge in [-0.1, -0.05) is 19.3 Å². The second kappa shape index (κ2) is 4.11. The van der Waals surface area contributed by atoms with E-state index >= 15 is 0 Å². The number of hydrogen-bond donors (Lipinski definition) is 1. The Kier molecular flexibility index (Phi) is 2.76. The first-order valence-corrected chi connectivity index (χ1v) is 7.38. The van der Waals surface area contributed by atoms with Crippen LogP contribution in [-0.2, 0) is 12.0 Å². The molecule has 3 heteroatoms. The summed E-state index contributed by atoms with van der Waals surface area (Å²) in [4.78, 5) is 4.78. The van der Waals surface area contributed by atoms with Gasteiger partial charge < -0.3 is 5.73 Å². The van der Waals surface area contributed by atoms with Crippen molar-refractivity contribution < 1.29 is 0 Å². The molecule has 0 unspecified atom stereocenters. The summed E-state index contributed by atoms with van der Waals surface area (Å²) in [5.41, 5.74) is 7.56. The number of hydrogen-bond acceptors (Lipinski definition) is 3. The first-order chi connectivity index (χ1) is 7.76. The third kappa shape index (κ3) is 2.16. The van der Waals surface area contributed by atoms with Crippen LogP contribution in [0.3, 0.4) is 0 Å². The normalized spacial score (nSPS) is 24.6. The summed E-state index contributed by atoms with van der Waals surface area (Å²) in [6.07, 6.45) is 10.1. The Morgan fingerprint density at radius 3 is 2.75 bits per heavy atom. The lowest BCUT2D eigenvalue weighted by molar-refractivity contribution is 0.296. The highest BCUT2D eigenvalue weighted by molar-refractivity contribution is 7.09. The van der Waals surface area contributed by atoms with Crippen molar-refractivity contribution in [2.24, 2.45) is 11.7 Å². The van der Waals surface area contributed by atoms with Gasteiger partial charge in [0.15, 0.2) is 0 Å². The largest absolute Gasteiger partial charge is 0.320 e. The van der Waals surface area contributed by atoms with Crippen molar-refractivity contribution in [2.75, 3.05) is 0 Å². The predicted octanol–water partition coefficient (Wildman–Crippen LogP) is 3.21. The highest BCUT2D eigenvalue weighted by Gasteiger charge is 2.32. The van der Waals surface area contributed by atoms with E-state index in [9.17, 15) is 0 Å². The minimum Gasteiger partial charge on any atom is -0.320 e. The molecule has 1 aromatic heterocycles. The van der Waals surface area contributed by atoms with Gasteiger partial charge in [-0.25, -0.2) is 4.98 Å². The Hall–Kier alpha value is -0.410. The van der Waals surface area contributed by atoms with Gasteiger partial charge in [0, 0.05) is 11.8 Å². The van der Waals surface area contributed by atoms with Gasteiger partial charge in [-0.3, -0.25) is 0 Å². The highest BCUT2D eigenvalue weighted by Crippen LogP contribution is 2.37. The Labute approximate surface area is 101 Å². The smallest absolute Gasteiger partial charge is 0.0931 e. The molecule has 0 radical (unpaired) electrons. The molecule has 88 valence electrons. The van der Waals surface area contributed by atoms with E-state index in [2.05, 4.69) is 5.38 Å². The standard InChI is InChI=1S/C13H20N2S/c14-13(6-2-1-3-7-13)11-9-16-12(15-11)8-10-4-5-10/h9-10H,1-8,14H2. The number of nitrogens with two attached hydrogens (primary N) is 1. The van der Waals surface area contributed by atoms with Crippen LogP contribution in [-0.4, -0.2) is 4.98 Å². The first-order valence-electron chi connectivity index (χ1n) is 6.50. The Bertz CT molecular complexity index is 362. The lowest BCUT2D eigenvalue weighted by Gasteiger charge is -2.31. The molecular formula is C13H20N2S. The van der Waals surface area contributed by atoms with E-state index in [0.29, 0.717) is 0 Å². The summed E-state index contributed by atoms with van der Waals surface area (Å²) >= 11 is 1.82. The van der Waals surface area contributed by atoms with Gasteiger partial charge in [0.2, 0.25) is 0 Å². The Morgan fingerprint density at radius 2 is 2.06 bits per heavy atom. The van der Waals surface area contributed by atoms with Crippen molar-refractivity contribution in [3.05, 3.63) is 16.1 Å². The molecular weight excluding hydrogens is 216 g/mol. The second-order valence-corrected chi connectivity index (χ2v) is 6.43. The van der Waals surface area contributed by atoms with Crippen LogP contribution in [0.1, 0.15) is 55.6 Å². The van der Waals surface area contributed by atoms with E-state index in [1.54, 1.807) is 0 Å². The molecule has 2 nitrogen and oxygen atoms in total. The first kappa shape index (κ1) is 10.7. The number of aromatic nitrogens is 1. The van der Waals surface area contributed by atoms with E-state index in [-0.39, 0.29) is 5.54 Å². The minimum atomic E-state index is -0.101. The van der Waals surface area contributed by atoms with Crippen LogP contribution < -0.4 is 5.73 Å². The fraction of sp³-hybridized carbons (Fsp3) is 0.769. The van der Waals surface area contributed by atoms with Crippen molar-refractivity contribution in [3.63, 3.8) is 0 Å². The van der Waals surface area contributed by atoms with Crippen LogP contribution in [0.4, 0.5) is 0 Å². The van der Waals surface area contributed by atoms with Crippen molar-refractivity contribution in [3.8, 4) is 0 Å². The lowest BCUT2D eigenvalue weighted by atomic mass is 9.81. The topological polar surface area (TPSA) is 38.9 Å². The maximum Gasteiger partial charge on any atom is 0.0931 e. The molecule has 0 aliphatic heterocycles. The lowest BCUT2D eigenvalue weighted by Crippen LogP contribution is -2.38. The van der Waals surface area contributed by atoms with Crippen LogP contribution >= 0.6 is 11.3 Å². The monoisotopic (exact) mass is 236 g/mol. The Balaban J connectivity index is 1.74. The average Bonchev–Trinajstić information content (AvgIpc) is 2.95. The average molecular weight is 236 g/mol. The highest BCUT2D eigenvalue weighted by atomic mass is 32.1. The van der Waals surface area contributed by atoms with Crippen LogP contribution in [0, 0.1) is 5.92 Å². The molecule has 16 heavy (non-hydrogen) atoms. The molecule has 0 aromatic carbocycles. The molecule has 0 bridgehead atoms. The van der Waals surface area contributed by atoms with E-state index in [1.807, 2.05) is 11.3 Å². The molecule has 0 atom stereocenters. The Morgan fingerprint density at radius 1 is 1.31 bits per heavy atom. The van der Waals surface area contributed by atoms with E-state index in [0.717, 1.165) is 18.8 Å². The van der Waals surface area contributed by atoms with E-state index in [1.165, 1.54) is 49.2 Å². The second-order valence-electron chi connectivity index (χ2n) is 5.49. The molecule has 0 spiro atoms. The van der Waals surface area contributed by atoms with Gasteiger partial charge in [0.1, 0.15) is 0 Å². The van der Waals surface area contributed by atoms with Gasteiger partial charge in [-0.15, -0.1) is 11.3 Å². The SMILES string of the molecule is NC1(c2csc(CC3CC3)n2)CCCCC1. The molecule has 2 N–H and O–H groups in total. The number of nitrogens with zero attached hydrogens (tertiary/aromatic N) is 1. The predicted molar refractivity (Wildman–Crippen MR) is 67.5 cm³/mol. The van der Waals surface area contributed by atoms with Crippen molar-refractivity contribution in [1.82, 2.24) is 4.98 Å². The fourth-order valence-electron chi connectivity index (χ4n) is 2.64. The molecule has 0 amide bonds. The zero-order chi connectivity index (χ0) is 11.0. The van der Waals surface area contributed by atoms with Crippen LogP contribution in [0.2, 0.25) is 0 Å². The summed E-state index contributed by atoms with van der Waals surface area (Å²) < 4.78 is 0. The van der Waals surface area contributed by atoms with Gasteiger partial charge >= 0.3 is 0 Å². The summed E-state index contributed by atoms with van der Waals surface area (Å²) in [5, 5.41) is 3.52. The quantitative estimate of drug-likeness (QED) is 0.875. The van der Waals surface area contributed by atoms with Crippen molar-refractivity contribution in [1.29, 1.82) is 0 Å². The van der Waals surface area contributed by atoms with Gasteiger partial charge in [0.05, 0.1) is 16.2 Å². The summed E-state index contributed by atoms with van der Waals surface area (Å²) in [6, 6.07) is 0. The van der Waals surface area contributed by atoms with Crippen LogP contribution in [0.5, 0.6) is 0 Å². The number of thiazole rings is 1. The third-order valence-electron chi connectivity index (χ3n) is 3.97. The van der Waals surface area contributed by atoms with E-state index in [4.69, 9.17) is 10.7 Å². The molecule has 3 rings (SSSR count). The van der Waals surface area contributed by atoms with Crippen molar-refractivity contribution in [2.45, 2.75) is 56.9 Å². The van der Waals surface area contributed by atoms with Gasteiger partial charge in [0.25, 0.3) is 0 Å². The summed E-state index contributed by atoms with van der Waals surface area (Å²) in [5.74, 6) is 0.930. The molecule has 2 aliphatic rings. The van der Waals surface area contributed by atoms with E-state index < -0.39 is 0 Å². The fourth-order valence-corrected chi connectivity index (χ4v) is 3.66. The minimum absolute atomic E-state index is 0.101. The number of rotatable bonds is 3.